The number of guanidine groups is 1. The number of hydrogen-bond acceptors (Lipinski definition) is 5. The Labute approximate surface area is 193 Å². The average Bonchev–Trinajstić information content (AvgIpc) is 3.25. The van der Waals surface area contributed by atoms with Gasteiger partial charge in [-0.25, -0.2) is 4.99 Å². The minimum atomic E-state index is -0.162. The van der Waals surface area contributed by atoms with Crippen molar-refractivity contribution >= 4 is 17.6 Å². The number of carbonyl (C=O) groups is 1. The maximum atomic E-state index is 12.3. The molecular weight excluding hydrogens is 420 g/mol. The van der Waals surface area contributed by atoms with E-state index in [0.717, 1.165) is 29.2 Å². The molecule has 33 heavy (non-hydrogen) atoms. The second kappa shape index (κ2) is 11.6. The average molecular weight is 449 g/mol. The van der Waals surface area contributed by atoms with E-state index >= 15 is 0 Å². The van der Waals surface area contributed by atoms with Gasteiger partial charge in [0.15, 0.2) is 17.5 Å². The molecule has 172 valence electrons. The van der Waals surface area contributed by atoms with Crippen molar-refractivity contribution in [1.82, 2.24) is 10.6 Å². The molecule has 1 aromatic heterocycles. The number of furan rings is 1. The molecule has 0 spiro atoms. The number of benzene rings is 2. The Morgan fingerprint density at radius 2 is 1.79 bits per heavy atom. The van der Waals surface area contributed by atoms with E-state index in [1.165, 1.54) is 0 Å². The Bertz CT molecular complexity index is 1050. The fourth-order valence-corrected chi connectivity index (χ4v) is 3.28. The van der Waals surface area contributed by atoms with Crippen LogP contribution in [0, 0.1) is 0 Å². The van der Waals surface area contributed by atoms with Crippen molar-refractivity contribution in [3.63, 3.8) is 0 Å². The molecule has 3 N–H and O–H groups in total. The molecule has 1 aliphatic heterocycles. The number of nitrogens with zero attached hydrogens (tertiary/aromatic N) is 1. The Balaban J connectivity index is 1.38. The first kappa shape index (κ1) is 22.3. The van der Waals surface area contributed by atoms with Crippen LogP contribution in [0.15, 0.2) is 76.3 Å². The van der Waals surface area contributed by atoms with E-state index in [2.05, 4.69) is 20.9 Å². The third kappa shape index (κ3) is 7.03. The summed E-state index contributed by atoms with van der Waals surface area (Å²) >= 11 is 0. The number of ether oxygens (including phenoxy) is 2. The van der Waals surface area contributed by atoms with Crippen molar-refractivity contribution < 1.29 is 18.7 Å². The molecule has 2 aromatic carbocycles. The number of aliphatic imine (C=N–C) groups is 1. The minimum absolute atomic E-state index is 0.00648. The standard InChI is InChI=1S/C25H28N4O4/c30-24(27-17-19-6-2-1-3-7-19)18-28-25(26-12-11-21-8-4-13-31-21)29-20-9-10-22-23(16-20)33-15-5-14-32-22/h1-4,6-10,13,16H,5,11-12,14-15,17-18H2,(H,27,30)(H2,26,28,29). The Morgan fingerprint density at radius 3 is 2.61 bits per heavy atom. The summed E-state index contributed by atoms with van der Waals surface area (Å²) in [6.45, 7) is 2.30. The summed E-state index contributed by atoms with van der Waals surface area (Å²) < 4.78 is 16.9. The fraction of sp³-hybridized carbons (Fsp3) is 0.280. The number of rotatable bonds is 8. The normalized spacial score (nSPS) is 13.2. The van der Waals surface area contributed by atoms with Crippen molar-refractivity contribution in [2.24, 2.45) is 4.99 Å². The van der Waals surface area contributed by atoms with E-state index in [-0.39, 0.29) is 12.5 Å². The van der Waals surface area contributed by atoms with Crippen LogP contribution in [-0.2, 0) is 17.8 Å². The van der Waals surface area contributed by atoms with Gasteiger partial charge >= 0.3 is 0 Å². The molecule has 0 aliphatic carbocycles. The Kier molecular flexibility index (Phi) is 7.83. The zero-order chi connectivity index (χ0) is 22.7. The molecule has 0 saturated heterocycles. The van der Waals surface area contributed by atoms with E-state index in [0.29, 0.717) is 44.4 Å². The predicted octanol–water partition coefficient (Wildman–Crippen LogP) is 3.36. The van der Waals surface area contributed by atoms with Crippen LogP contribution in [0.25, 0.3) is 0 Å². The molecule has 4 rings (SSSR count). The summed E-state index contributed by atoms with van der Waals surface area (Å²) in [5.41, 5.74) is 1.82. The van der Waals surface area contributed by atoms with Crippen LogP contribution in [0.2, 0.25) is 0 Å². The van der Waals surface area contributed by atoms with Crippen molar-refractivity contribution in [3.8, 4) is 11.5 Å². The largest absolute Gasteiger partial charge is 0.490 e. The molecule has 8 heteroatoms. The molecule has 0 unspecified atom stereocenters. The molecule has 2 heterocycles. The Hall–Kier alpha value is -3.94. The smallest absolute Gasteiger partial charge is 0.242 e. The van der Waals surface area contributed by atoms with Crippen LogP contribution in [0.3, 0.4) is 0 Å². The highest BCUT2D eigenvalue weighted by Gasteiger charge is 2.12. The second-order valence-electron chi connectivity index (χ2n) is 7.52. The van der Waals surface area contributed by atoms with Gasteiger partial charge < -0.3 is 29.8 Å². The lowest BCUT2D eigenvalue weighted by molar-refractivity contribution is -0.119. The number of carbonyl (C=O) groups excluding carboxylic acids is 1. The van der Waals surface area contributed by atoms with Crippen LogP contribution < -0.4 is 25.4 Å². The van der Waals surface area contributed by atoms with Crippen molar-refractivity contribution in [2.45, 2.75) is 19.4 Å². The Morgan fingerprint density at radius 1 is 0.939 bits per heavy atom. The molecule has 3 aromatic rings. The molecule has 0 bridgehead atoms. The topological polar surface area (TPSA) is 97.1 Å². The van der Waals surface area contributed by atoms with Gasteiger partial charge in [-0.1, -0.05) is 30.3 Å². The van der Waals surface area contributed by atoms with E-state index < -0.39 is 0 Å². The van der Waals surface area contributed by atoms with Gasteiger partial charge in [-0.05, 0) is 29.8 Å². The van der Waals surface area contributed by atoms with E-state index in [9.17, 15) is 4.79 Å². The van der Waals surface area contributed by atoms with Crippen LogP contribution in [-0.4, -0.2) is 38.2 Å². The van der Waals surface area contributed by atoms with Gasteiger partial charge in [0.25, 0.3) is 0 Å². The lowest BCUT2D eigenvalue weighted by Gasteiger charge is -2.14. The molecule has 0 atom stereocenters. The SMILES string of the molecule is O=C(CN=C(NCCc1ccco1)Nc1ccc2c(c1)OCCCO2)NCc1ccccc1. The van der Waals surface area contributed by atoms with Crippen molar-refractivity contribution in [3.05, 3.63) is 78.3 Å². The van der Waals surface area contributed by atoms with Crippen LogP contribution in [0.5, 0.6) is 11.5 Å². The molecule has 8 nitrogen and oxygen atoms in total. The maximum absolute atomic E-state index is 12.3. The first-order valence-electron chi connectivity index (χ1n) is 11.0. The number of nitrogens with one attached hydrogen (secondary N) is 3. The monoisotopic (exact) mass is 448 g/mol. The number of hydrogen-bond donors (Lipinski definition) is 3. The predicted molar refractivity (Wildman–Crippen MR) is 127 cm³/mol. The van der Waals surface area contributed by atoms with Crippen molar-refractivity contribution in [1.29, 1.82) is 0 Å². The highest BCUT2D eigenvalue weighted by molar-refractivity contribution is 5.95. The molecule has 0 fully saturated rings. The maximum Gasteiger partial charge on any atom is 0.242 e. The molecule has 1 amide bonds. The van der Waals surface area contributed by atoms with Gasteiger partial charge in [-0.3, -0.25) is 4.79 Å². The summed E-state index contributed by atoms with van der Waals surface area (Å²) in [7, 11) is 0. The summed E-state index contributed by atoms with van der Waals surface area (Å²) in [5.74, 6) is 2.62. The van der Waals surface area contributed by atoms with E-state index in [1.54, 1.807) is 6.26 Å². The summed E-state index contributed by atoms with van der Waals surface area (Å²) in [4.78, 5) is 16.8. The quantitative estimate of drug-likeness (QED) is 0.361. The van der Waals surface area contributed by atoms with Gasteiger partial charge in [0.1, 0.15) is 12.3 Å². The molecular formula is C25H28N4O4. The zero-order valence-corrected chi connectivity index (χ0v) is 18.4. The van der Waals surface area contributed by atoms with Gasteiger partial charge in [-0.15, -0.1) is 0 Å². The number of fused-ring (bicyclic) bond motifs is 1. The highest BCUT2D eigenvalue weighted by Crippen LogP contribution is 2.32. The first-order valence-corrected chi connectivity index (χ1v) is 11.0. The highest BCUT2D eigenvalue weighted by atomic mass is 16.5. The van der Waals surface area contributed by atoms with E-state index in [4.69, 9.17) is 13.9 Å². The van der Waals surface area contributed by atoms with Crippen molar-refractivity contribution in [2.75, 3.05) is 31.6 Å². The summed E-state index contributed by atoms with van der Waals surface area (Å²) in [5, 5.41) is 9.40. The minimum Gasteiger partial charge on any atom is -0.490 e. The fourth-order valence-electron chi connectivity index (χ4n) is 3.28. The molecule has 0 radical (unpaired) electrons. The zero-order valence-electron chi connectivity index (χ0n) is 18.4. The molecule has 1 aliphatic rings. The van der Waals surface area contributed by atoms with Crippen LogP contribution >= 0.6 is 0 Å². The van der Waals surface area contributed by atoms with Gasteiger partial charge in [0.2, 0.25) is 5.91 Å². The number of amides is 1. The van der Waals surface area contributed by atoms with Gasteiger partial charge in [0, 0.05) is 37.7 Å². The first-order chi connectivity index (χ1) is 16.3. The lowest BCUT2D eigenvalue weighted by atomic mass is 10.2. The third-order valence-corrected chi connectivity index (χ3v) is 4.97. The van der Waals surface area contributed by atoms with Crippen LogP contribution in [0.4, 0.5) is 5.69 Å². The molecule has 0 saturated carbocycles. The summed E-state index contributed by atoms with van der Waals surface area (Å²) in [6.07, 6.45) is 3.18. The number of anilines is 1. The van der Waals surface area contributed by atoms with Gasteiger partial charge in [0.05, 0.1) is 19.5 Å². The van der Waals surface area contributed by atoms with Crippen LogP contribution in [0.1, 0.15) is 17.7 Å². The van der Waals surface area contributed by atoms with Gasteiger partial charge in [-0.2, -0.15) is 0 Å². The second-order valence-corrected chi connectivity index (χ2v) is 7.52. The summed E-state index contributed by atoms with van der Waals surface area (Å²) in [6, 6.07) is 19.2. The van der Waals surface area contributed by atoms with E-state index in [1.807, 2.05) is 60.7 Å². The third-order valence-electron chi connectivity index (χ3n) is 4.97. The lowest BCUT2D eigenvalue weighted by Crippen LogP contribution is -2.34.